The van der Waals surface area contributed by atoms with Crippen LogP contribution in [0, 0.1) is 13.8 Å². The molecular formula is C40H50N4O4. The van der Waals surface area contributed by atoms with E-state index in [9.17, 15) is 14.7 Å². The zero-order valence-corrected chi connectivity index (χ0v) is 29.6. The molecule has 0 saturated heterocycles. The van der Waals surface area contributed by atoms with E-state index in [0.29, 0.717) is 25.9 Å². The number of nitrogens with one attached hydrogen (secondary N) is 2. The number of rotatable bonds is 12. The van der Waals surface area contributed by atoms with Crippen molar-refractivity contribution in [2.75, 3.05) is 6.61 Å². The summed E-state index contributed by atoms with van der Waals surface area (Å²) < 4.78 is 6.45. The van der Waals surface area contributed by atoms with Crippen LogP contribution in [-0.4, -0.2) is 43.4 Å². The number of fused-ring (bicyclic) bond motifs is 8. The van der Waals surface area contributed by atoms with Crippen molar-refractivity contribution in [3.8, 4) is 0 Å². The number of Topliss-reactive ketones (excluding diaryl/α,β-unsaturated/α-hetero) is 1. The van der Waals surface area contributed by atoms with Gasteiger partial charge in [0, 0.05) is 70.2 Å². The molecule has 3 N–H and O–H groups in total. The third kappa shape index (κ3) is 6.15. The summed E-state index contributed by atoms with van der Waals surface area (Å²) in [7, 11) is 0. The molecule has 1 aliphatic carbocycles. The number of nitrogens with zero attached hydrogens (tertiary/aromatic N) is 2. The van der Waals surface area contributed by atoms with E-state index in [4.69, 9.17) is 14.7 Å². The molecule has 0 spiro atoms. The van der Waals surface area contributed by atoms with Crippen LogP contribution in [-0.2, 0) is 16.0 Å². The fraction of sp³-hybridized carbons (Fsp3) is 0.500. The summed E-state index contributed by atoms with van der Waals surface area (Å²) in [5.41, 5.74) is 14.6. The van der Waals surface area contributed by atoms with Gasteiger partial charge in [0.15, 0.2) is 5.78 Å². The maximum absolute atomic E-state index is 13.6. The molecule has 0 aromatic carbocycles. The number of carbonyl (C=O) groups excluding carboxylic acids is 1. The Labute approximate surface area is 283 Å². The molecule has 3 aromatic heterocycles. The van der Waals surface area contributed by atoms with Crippen LogP contribution in [0.25, 0.3) is 33.2 Å². The lowest BCUT2D eigenvalue weighted by atomic mass is 9.85. The Morgan fingerprint density at radius 2 is 1.73 bits per heavy atom. The van der Waals surface area contributed by atoms with Crippen LogP contribution in [0.15, 0.2) is 18.2 Å². The number of aliphatic carboxylic acids is 1. The van der Waals surface area contributed by atoms with Crippen molar-refractivity contribution in [2.45, 2.75) is 124 Å². The van der Waals surface area contributed by atoms with Crippen LogP contribution in [0.5, 0.6) is 0 Å². The summed E-state index contributed by atoms with van der Waals surface area (Å²) >= 11 is 0. The Balaban J connectivity index is 1.62. The van der Waals surface area contributed by atoms with Gasteiger partial charge in [0.2, 0.25) is 0 Å². The highest BCUT2D eigenvalue weighted by Gasteiger charge is 2.35. The number of allylic oxidation sites excluding steroid dienone is 2. The summed E-state index contributed by atoms with van der Waals surface area (Å²) in [6.45, 7) is 15.7. The third-order valence-electron chi connectivity index (χ3n) is 10.8. The number of aromatic amines is 2. The monoisotopic (exact) mass is 650 g/mol. The lowest BCUT2D eigenvalue weighted by molar-refractivity contribution is -0.137. The molecule has 0 fully saturated rings. The Morgan fingerprint density at radius 1 is 0.979 bits per heavy atom. The van der Waals surface area contributed by atoms with Crippen molar-refractivity contribution < 1.29 is 19.4 Å². The minimum Gasteiger partial charge on any atom is -0.481 e. The van der Waals surface area contributed by atoms with Gasteiger partial charge in [-0.05, 0) is 93.9 Å². The Kier molecular flexibility index (Phi) is 9.75. The standard InChI is InChI=1S/C40H50N4O4/c1-8-10-11-12-16-48-25(7)37-23(5)31-18-30-22(4)27(14-13-15-36(46)47)39(43-30)28-17-35(45)38-24(6)32(44-40(28)38)19-33-26(9-2)21(3)29(41-33)20-34(37)42-31/h18-20,22,25,27,42,44H,8-17H2,1-7H3,(H,46,47)/t22-,25?,27-/m0/s1. The van der Waals surface area contributed by atoms with Crippen LogP contribution in [0.1, 0.15) is 159 Å². The highest BCUT2D eigenvalue weighted by atomic mass is 16.5. The summed E-state index contributed by atoms with van der Waals surface area (Å²) in [4.78, 5) is 42.8. The molecule has 8 bridgehead atoms. The molecule has 1 unspecified atom stereocenters. The minimum atomic E-state index is -0.794. The number of aryl methyl sites for hydroxylation is 2. The van der Waals surface area contributed by atoms with E-state index in [1.807, 2.05) is 6.92 Å². The van der Waals surface area contributed by atoms with E-state index in [0.717, 1.165) is 91.1 Å². The Morgan fingerprint density at radius 3 is 2.46 bits per heavy atom. The van der Waals surface area contributed by atoms with Gasteiger partial charge in [-0.15, -0.1) is 0 Å². The molecule has 3 atom stereocenters. The second-order valence-corrected chi connectivity index (χ2v) is 13.9. The minimum absolute atomic E-state index is 0.00967. The van der Waals surface area contributed by atoms with E-state index in [2.05, 4.69) is 69.7 Å². The molecule has 8 nitrogen and oxygen atoms in total. The molecule has 2 aliphatic heterocycles. The highest BCUT2D eigenvalue weighted by molar-refractivity contribution is 6.13. The SMILES string of the molecule is CCCCCCOC(C)c1c(C)c2cc3nc(c4c5[nH]c(cc6nc(cc1[nH]2)C(C)=C6CC)c(C)c5C(=O)C4)[C@@H](CCCC(=O)O)[C@@H]3C. The average molecular weight is 651 g/mol. The predicted molar refractivity (Wildman–Crippen MR) is 192 cm³/mol. The topological polar surface area (TPSA) is 121 Å². The number of ether oxygens (including phenoxy) is 1. The molecule has 48 heavy (non-hydrogen) atoms. The zero-order valence-electron chi connectivity index (χ0n) is 29.6. The van der Waals surface area contributed by atoms with Gasteiger partial charge in [-0.2, -0.15) is 0 Å². The smallest absolute Gasteiger partial charge is 0.303 e. The first-order chi connectivity index (χ1) is 23.0. The van der Waals surface area contributed by atoms with Crippen LogP contribution >= 0.6 is 0 Å². The van der Waals surface area contributed by atoms with Crippen molar-refractivity contribution in [2.24, 2.45) is 0 Å². The van der Waals surface area contributed by atoms with Gasteiger partial charge in [-0.1, -0.05) is 40.0 Å². The number of carbonyl (C=O) groups is 2. The summed E-state index contributed by atoms with van der Waals surface area (Å²) in [5, 5.41) is 9.42. The first-order valence-corrected chi connectivity index (χ1v) is 17.9. The number of H-pyrrole nitrogens is 2. The predicted octanol–water partition coefficient (Wildman–Crippen LogP) is 9.81. The van der Waals surface area contributed by atoms with Crippen LogP contribution in [0.2, 0.25) is 0 Å². The van der Waals surface area contributed by atoms with Gasteiger partial charge in [0.25, 0.3) is 0 Å². The maximum atomic E-state index is 13.6. The Hall–Kier alpha value is -4.04. The molecule has 254 valence electrons. The second kappa shape index (κ2) is 13.8. The largest absolute Gasteiger partial charge is 0.481 e. The van der Waals surface area contributed by atoms with Crippen molar-refractivity contribution >= 4 is 45.0 Å². The molecule has 3 aliphatic rings. The zero-order chi connectivity index (χ0) is 34.3. The first kappa shape index (κ1) is 33.8. The highest BCUT2D eigenvalue weighted by Crippen LogP contribution is 2.45. The summed E-state index contributed by atoms with van der Waals surface area (Å²) in [5.74, 6) is -0.633. The lowest BCUT2D eigenvalue weighted by Gasteiger charge is -2.16. The first-order valence-electron chi connectivity index (χ1n) is 17.9. The number of hydrogen-bond donors (Lipinski definition) is 3. The molecular weight excluding hydrogens is 600 g/mol. The van der Waals surface area contributed by atoms with Crippen LogP contribution in [0.4, 0.5) is 0 Å². The van der Waals surface area contributed by atoms with E-state index < -0.39 is 5.97 Å². The van der Waals surface area contributed by atoms with Gasteiger partial charge in [-0.25, -0.2) is 4.98 Å². The summed E-state index contributed by atoms with van der Waals surface area (Å²) in [6.07, 6.45) is 6.99. The number of unbranched alkanes of at least 4 members (excludes halogenated alkanes) is 3. The number of ketones is 1. The van der Waals surface area contributed by atoms with Gasteiger partial charge in [0.05, 0.1) is 28.7 Å². The van der Waals surface area contributed by atoms with E-state index >= 15 is 0 Å². The number of carboxylic acid groups (broad SMARTS) is 1. The molecule has 0 saturated carbocycles. The van der Waals surface area contributed by atoms with Gasteiger partial charge >= 0.3 is 5.97 Å². The van der Waals surface area contributed by atoms with Crippen molar-refractivity contribution in [3.63, 3.8) is 0 Å². The van der Waals surface area contributed by atoms with E-state index in [1.54, 1.807) is 0 Å². The molecule has 3 aromatic rings. The summed E-state index contributed by atoms with van der Waals surface area (Å²) in [6, 6.07) is 6.41. The van der Waals surface area contributed by atoms with E-state index in [1.165, 1.54) is 24.8 Å². The van der Waals surface area contributed by atoms with Crippen LogP contribution < -0.4 is 0 Å². The van der Waals surface area contributed by atoms with Gasteiger partial charge < -0.3 is 19.8 Å². The fourth-order valence-electron chi connectivity index (χ4n) is 8.03. The Bertz CT molecular complexity index is 1960. The van der Waals surface area contributed by atoms with Crippen molar-refractivity contribution in [3.05, 3.63) is 68.8 Å². The number of hydrogen-bond acceptors (Lipinski definition) is 5. The normalized spacial score (nSPS) is 17.9. The molecule has 8 heteroatoms. The second-order valence-electron chi connectivity index (χ2n) is 13.9. The van der Waals surface area contributed by atoms with Crippen molar-refractivity contribution in [1.82, 2.24) is 19.9 Å². The van der Waals surface area contributed by atoms with E-state index in [-0.39, 0.29) is 30.1 Å². The molecule has 0 radical (unpaired) electrons. The fourth-order valence-corrected chi connectivity index (χ4v) is 8.03. The quantitative estimate of drug-likeness (QED) is 0.168. The van der Waals surface area contributed by atoms with Gasteiger partial charge in [-0.3, -0.25) is 14.6 Å². The van der Waals surface area contributed by atoms with Crippen molar-refractivity contribution in [1.29, 1.82) is 0 Å². The van der Waals surface area contributed by atoms with Crippen LogP contribution in [0.3, 0.4) is 0 Å². The number of carboxylic acids is 1. The molecule has 0 amide bonds. The maximum Gasteiger partial charge on any atom is 0.303 e. The molecule has 6 rings (SSSR count). The molecule has 5 heterocycles. The van der Waals surface area contributed by atoms with Gasteiger partial charge in [0.1, 0.15) is 0 Å². The average Bonchev–Trinajstić information content (AvgIpc) is 3.79. The third-order valence-corrected chi connectivity index (χ3v) is 10.8. The lowest BCUT2D eigenvalue weighted by Crippen LogP contribution is -2.06. The number of aromatic nitrogens is 4.